The zero-order chi connectivity index (χ0) is 15.0. The molecular formula is C15H17ClN2O3. The molecule has 0 atom stereocenters. The number of nitro benzene ring substituents is 1. The van der Waals surface area contributed by atoms with Crippen molar-refractivity contribution in [3.63, 3.8) is 0 Å². The minimum absolute atomic E-state index is 0.0625. The third-order valence-corrected chi connectivity index (χ3v) is 4.35. The molecule has 0 spiro atoms. The Morgan fingerprint density at radius 3 is 2.29 bits per heavy atom. The van der Waals surface area contributed by atoms with Crippen molar-refractivity contribution in [2.75, 3.05) is 13.1 Å². The molecule has 5 nitrogen and oxygen atoms in total. The fourth-order valence-electron chi connectivity index (χ4n) is 2.43. The second-order valence-corrected chi connectivity index (χ2v) is 6.43. The molecule has 0 unspecified atom stereocenters. The van der Waals surface area contributed by atoms with Gasteiger partial charge in [0.15, 0.2) is 0 Å². The van der Waals surface area contributed by atoms with Gasteiger partial charge in [0, 0.05) is 24.7 Å². The van der Waals surface area contributed by atoms with Crippen molar-refractivity contribution in [1.29, 1.82) is 0 Å². The molecule has 2 aliphatic rings. The van der Waals surface area contributed by atoms with Gasteiger partial charge in [0.2, 0.25) is 0 Å². The molecular weight excluding hydrogens is 292 g/mol. The highest BCUT2D eigenvalue weighted by molar-refractivity contribution is 6.32. The Bertz CT molecular complexity index is 568. The van der Waals surface area contributed by atoms with E-state index in [0.29, 0.717) is 17.4 Å². The van der Waals surface area contributed by atoms with Crippen LogP contribution in [0.2, 0.25) is 5.02 Å². The highest BCUT2D eigenvalue weighted by Gasteiger charge is 2.32. The van der Waals surface area contributed by atoms with Gasteiger partial charge in [0.05, 0.1) is 4.92 Å². The number of amides is 1. The lowest BCUT2D eigenvalue weighted by molar-refractivity contribution is -0.384. The number of benzene rings is 1. The van der Waals surface area contributed by atoms with Gasteiger partial charge in [-0.15, -0.1) is 0 Å². The van der Waals surface area contributed by atoms with E-state index in [1.54, 1.807) is 6.07 Å². The van der Waals surface area contributed by atoms with Crippen molar-refractivity contribution in [3.8, 4) is 0 Å². The Balaban J connectivity index is 1.80. The van der Waals surface area contributed by atoms with Crippen LogP contribution in [0.15, 0.2) is 18.2 Å². The van der Waals surface area contributed by atoms with Crippen LogP contribution in [0.1, 0.15) is 36.0 Å². The van der Waals surface area contributed by atoms with Gasteiger partial charge in [-0.05, 0) is 49.7 Å². The predicted octanol–water partition coefficient (Wildman–Crippen LogP) is 3.51. The average molecular weight is 309 g/mol. The first kappa shape index (κ1) is 14.3. The molecule has 1 aromatic rings. The Hall–Kier alpha value is -1.62. The molecule has 0 bridgehead atoms. The van der Waals surface area contributed by atoms with Crippen LogP contribution in [0, 0.1) is 22.0 Å². The zero-order valence-corrected chi connectivity index (χ0v) is 12.4. The first-order chi connectivity index (χ1) is 10.0. The molecule has 2 aliphatic carbocycles. The van der Waals surface area contributed by atoms with Gasteiger partial charge >= 0.3 is 0 Å². The maximum atomic E-state index is 12.6. The van der Waals surface area contributed by atoms with Gasteiger partial charge in [0.1, 0.15) is 5.02 Å². The highest BCUT2D eigenvalue weighted by atomic mass is 35.5. The fraction of sp³-hybridized carbons (Fsp3) is 0.533. The number of hydrogen-bond donors (Lipinski definition) is 0. The summed E-state index contributed by atoms with van der Waals surface area (Å²) in [5.74, 6) is 1.10. The smallest absolute Gasteiger partial charge is 0.288 e. The lowest BCUT2D eigenvalue weighted by Crippen LogP contribution is -2.34. The van der Waals surface area contributed by atoms with E-state index < -0.39 is 4.92 Å². The first-order valence-electron chi connectivity index (χ1n) is 7.28. The standard InChI is InChI=1S/C15H17ClN2O3/c16-13-6-5-12(7-14(13)18(20)21)15(19)17(8-10-1-2-10)9-11-3-4-11/h5-7,10-11H,1-4,8-9H2. The number of halogens is 1. The van der Waals surface area contributed by atoms with Crippen LogP contribution in [-0.4, -0.2) is 28.8 Å². The number of hydrogen-bond acceptors (Lipinski definition) is 3. The fourth-order valence-corrected chi connectivity index (χ4v) is 2.62. The molecule has 0 heterocycles. The summed E-state index contributed by atoms with van der Waals surface area (Å²) in [4.78, 5) is 24.9. The molecule has 112 valence electrons. The minimum atomic E-state index is -0.550. The third-order valence-electron chi connectivity index (χ3n) is 4.03. The van der Waals surface area contributed by atoms with Crippen LogP contribution in [-0.2, 0) is 0 Å². The molecule has 0 radical (unpaired) electrons. The molecule has 6 heteroatoms. The second kappa shape index (κ2) is 5.64. The van der Waals surface area contributed by atoms with Crippen molar-refractivity contribution in [3.05, 3.63) is 38.9 Å². The van der Waals surface area contributed by atoms with Crippen LogP contribution < -0.4 is 0 Å². The van der Waals surface area contributed by atoms with Crippen LogP contribution in [0.3, 0.4) is 0 Å². The van der Waals surface area contributed by atoms with E-state index in [4.69, 9.17) is 11.6 Å². The van der Waals surface area contributed by atoms with Gasteiger partial charge in [0.25, 0.3) is 11.6 Å². The largest absolute Gasteiger partial charge is 0.338 e. The third kappa shape index (κ3) is 3.53. The van der Waals surface area contributed by atoms with E-state index in [0.717, 1.165) is 13.1 Å². The second-order valence-electron chi connectivity index (χ2n) is 6.02. The van der Waals surface area contributed by atoms with Crippen LogP contribution in [0.4, 0.5) is 5.69 Å². The molecule has 0 N–H and O–H groups in total. The maximum absolute atomic E-state index is 12.6. The molecule has 0 aliphatic heterocycles. The number of rotatable bonds is 6. The van der Waals surface area contributed by atoms with Crippen LogP contribution in [0.5, 0.6) is 0 Å². The highest BCUT2D eigenvalue weighted by Crippen LogP contribution is 2.34. The topological polar surface area (TPSA) is 63.4 Å². The summed E-state index contributed by atoms with van der Waals surface area (Å²) in [5, 5.41) is 11.0. The van der Waals surface area contributed by atoms with Crippen molar-refractivity contribution >= 4 is 23.2 Å². The van der Waals surface area contributed by atoms with Crippen molar-refractivity contribution in [2.45, 2.75) is 25.7 Å². The van der Waals surface area contributed by atoms with E-state index in [2.05, 4.69) is 0 Å². The monoisotopic (exact) mass is 308 g/mol. The quantitative estimate of drug-likeness (QED) is 0.596. The van der Waals surface area contributed by atoms with E-state index in [1.807, 2.05) is 4.90 Å². The van der Waals surface area contributed by atoms with Crippen LogP contribution in [0.25, 0.3) is 0 Å². The normalized spacial score (nSPS) is 17.6. The minimum Gasteiger partial charge on any atom is -0.338 e. The van der Waals surface area contributed by atoms with Gasteiger partial charge in [-0.1, -0.05) is 11.6 Å². The molecule has 1 amide bonds. The lowest BCUT2D eigenvalue weighted by Gasteiger charge is -2.22. The SMILES string of the molecule is O=C(c1ccc(Cl)c([N+](=O)[O-])c1)N(CC1CC1)CC1CC1. The van der Waals surface area contributed by atoms with E-state index in [9.17, 15) is 14.9 Å². The summed E-state index contributed by atoms with van der Waals surface area (Å²) in [5.41, 5.74) is 0.146. The Kier molecular flexibility index (Phi) is 3.85. The molecule has 2 saturated carbocycles. The first-order valence-corrected chi connectivity index (χ1v) is 7.65. The summed E-state index contributed by atoms with van der Waals surface area (Å²) < 4.78 is 0. The molecule has 0 saturated heterocycles. The van der Waals surface area contributed by atoms with Gasteiger partial charge in [-0.25, -0.2) is 0 Å². The molecule has 0 aromatic heterocycles. The number of nitrogens with zero attached hydrogens (tertiary/aromatic N) is 2. The summed E-state index contributed by atoms with van der Waals surface area (Å²) in [6.45, 7) is 1.54. The zero-order valence-electron chi connectivity index (χ0n) is 11.6. The summed E-state index contributed by atoms with van der Waals surface area (Å²) in [6, 6.07) is 4.29. The van der Waals surface area contributed by atoms with E-state index in [-0.39, 0.29) is 16.6 Å². The molecule has 3 rings (SSSR count). The van der Waals surface area contributed by atoms with Crippen molar-refractivity contribution in [2.24, 2.45) is 11.8 Å². The van der Waals surface area contributed by atoms with Crippen molar-refractivity contribution < 1.29 is 9.72 Å². The molecule has 1 aromatic carbocycles. The Morgan fingerprint density at radius 2 is 1.81 bits per heavy atom. The molecule has 2 fully saturated rings. The number of nitro groups is 1. The molecule has 21 heavy (non-hydrogen) atoms. The van der Waals surface area contributed by atoms with Crippen molar-refractivity contribution in [1.82, 2.24) is 4.90 Å². The van der Waals surface area contributed by atoms with Gasteiger partial charge in [-0.3, -0.25) is 14.9 Å². The van der Waals surface area contributed by atoms with E-state index >= 15 is 0 Å². The number of carbonyl (C=O) groups excluding carboxylic acids is 1. The lowest BCUT2D eigenvalue weighted by atomic mass is 10.1. The summed E-state index contributed by atoms with van der Waals surface area (Å²) in [6.07, 6.45) is 4.70. The average Bonchev–Trinajstić information content (AvgIpc) is 3.32. The predicted molar refractivity (Wildman–Crippen MR) is 79.5 cm³/mol. The van der Waals surface area contributed by atoms with E-state index in [1.165, 1.54) is 37.8 Å². The summed E-state index contributed by atoms with van der Waals surface area (Å²) in [7, 11) is 0. The van der Waals surface area contributed by atoms with Crippen LogP contribution >= 0.6 is 11.6 Å². The Morgan fingerprint density at radius 1 is 1.24 bits per heavy atom. The number of carbonyl (C=O) groups is 1. The Labute approximate surface area is 128 Å². The summed E-state index contributed by atoms with van der Waals surface area (Å²) >= 11 is 5.80. The van der Waals surface area contributed by atoms with Gasteiger partial charge in [-0.2, -0.15) is 0 Å². The van der Waals surface area contributed by atoms with Gasteiger partial charge < -0.3 is 4.90 Å². The maximum Gasteiger partial charge on any atom is 0.288 e.